The molecule has 3 aliphatic rings. The highest BCUT2D eigenvalue weighted by Crippen LogP contribution is 2.55. The van der Waals surface area contributed by atoms with Gasteiger partial charge in [-0.15, -0.1) is 0 Å². The summed E-state index contributed by atoms with van der Waals surface area (Å²) in [4.78, 5) is 4.93. The van der Waals surface area contributed by atoms with Crippen LogP contribution in [0.2, 0.25) is 0 Å². The summed E-state index contributed by atoms with van der Waals surface area (Å²) in [6.45, 7) is 9.52. The van der Waals surface area contributed by atoms with Gasteiger partial charge in [-0.2, -0.15) is 0 Å². The molecule has 0 bridgehead atoms. The summed E-state index contributed by atoms with van der Waals surface area (Å²) in [5, 5.41) is 4.63. The molecule has 11 aromatic rings. The van der Waals surface area contributed by atoms with E-state index in [1.54, 1.807) is 0 Å². The van der Waals surface area contributed by atoms with Crippen LogP contribution < -0.4 is 9.80 Å². The third kappa shape index (κ3) is 5.96. The average Bonchev–Trinajstić information content (AvgIpc) is 3.98. The molecule has 70 heavy (non-hydrogen) atoms. The highest BCUT2D eigenvalue weighted by Gasteiger charge is 2.39. The summed E-state index contributed by atoms with van der Waals surface area (Å²) < 4.78 is 12.9. The van der Waals surface area contributed by atoms with Gasteiger partial charge >= 0.3 is 0 Å². The van der Waals surface area contributed by atoms with Crippen LogP contribution in [0.5, 0.6) is 0 Å². The summed E-state index contributed by atoms with van der Waals surface area (Å²) in [6.07, 6.45) is 8.00. The number of furan rings is 2. The summed E-state index contributed by atoms with van der Waals surface area (Å²) in [6, 6.07) is 70.8. The first-order chi connectivity index (χ1) is 34.2. The third-order valence-corrected chi connectivity index (χ3v) is 15.8. The lowest BCUT2D eigenvalue weighted by Gasteiger charge is -2.43. The molecule has 336 valence electrons. The Labute approximate surface area is 408 Å². The van der Waals surface area contributed by atoms with E-state index < -0.39 is 0 Å². The lowest BCUT2D eigenvalue weighted by molar-refractivity contribution is 0.629. The number of para-hydroxylation sites is 6. The summed E-state index contributed by atoms with van der Waals surface area (Å²) in [5.74, 6) is 0.214. The minimum absolute atomic E-state index is 0.214. The monoisotopic (exact) mass is 902 g/mol. The van der Waals surface area contributed by atoms with Crippen molar-refractivity contribution in [1.29, 1.82) is 0 Å². The van der Waals surface area contributed by atoms with Crippen LogP contribution in [-0.2, 0) is 10.8 Å². The van der Waals surface area contributed by atoms with Crippen molar-refractivity contribution in [2.24, 2.45) is 0 Å². The molecule has 1 aliphatic carbocycles. The van der Waals surface area contributed by atoms with Crippen LogP contribution in [0.1, 0.15) is 67.9 Å². The first-order valence-electron chi connectivity index (χ1n) is 24.6. The fourth-order valence-electron chi connectivity index (χ4n) is 12.2. The van der Waals surface area contributed by atoms with E-state index >= 15 is 0 Å². The molecule has 0 radical (unpaired) electrons. The van der Waals surface area contributed by atoms with Crippen molar-refractivity contribution in [1.82, 2.24) is 0 Å². The number of allylic oxidation sites excluding steroid dienone is 3. The van der Waals surface area contributed by atoms with Crippen LogP contribution in [0.25, 0.3) is 66.1 Å². The van der Waals surface area contributed by atoms with Crippen molar-refractivity contribution in [3.05, 3.63) is 246 Å². The molecule has 0 spiro atoms. The first kappa shape index (κ1) is 40.7. The SMILES string of the molecule is CC1(C)c2ccccc2N(C2=CCC(c3cccc4c3oc3ccccc34)C=C2)c2ccc(-c3ccc4c(c3)C(C)(C)c3ccccc3N4c3ccc(-c4cccc5c4oc4ccccc45)cc3)cc21. The maximum atomic E-state index is 6.49. The zero-order valence-corrected chi connectivity index (χ0v) is 39.7. The molecule has 0 saturated carbocycles. The molecule has 2 aromatic heterocycles. The quantitative estimate of drug-likeness (QED) is 0.172. The maximum Gasteiger partial charge on any atom is 0.143 e. The fourth-order valence-corrected chi connectivity index (χ4v) is 12.2. The second kappa shape index (κ2) is 15.1. The predicted octanol–water partition coefficient (Wildman–Crippen LogP) is 18.3. The van der Waals surface area contributed by atoms with Crippen LogP contribution in [0.3, 0.4) is 0 Å². The average molecular weight is 903 g/mol. The van der Waals surface area contributed by atoms with E-state index in [1.165, 1.54) is 78.2 Å². The predicted molar refractivity (Wildman–Crippen MR) is 290 cm³/mol. The van der Waals surface area contributed by atoms with Gasteiger partial charge < -0.3 is 18.6 Å². The number of fused-ring (bicyclic) bond motifs is 10. The van der Waals surface area contributed by atoms with E-state index in [2.05, 4.69) is 232 Å². The van der Waals surface area contributed by atoms with Crippen LogP contribution in [0, 0.1) is 0 Å². The van der Waals surface area contributed by atoms with Crippen LogP contribution in [0.15, 0.2) is 227 Å². The minimum Gasteiger partial charge on any atom is -0.456 e. The molecule has 2 aliphatic heterocycles. The number of anilines is 5. The summed E-state index contributed by atoms with van der Waals surface area (Å²) in [7, 11) is 0. The van der Waals surface area contributed by atoms with Crippen molar-refractivity contribution in [3.8, 4) is 22.3 Å². The molecule has 4 heterocycles. The van der Waals surface area contributed by atoms with Gasteiger partial charge in [-0.05, 0) is 112 Å². The number of hydrogen-bond donors (Lipinski definition) is 0. The second-order valence-corrected chi connectivity index (χ2v) is 20.4. The Balaban J connectivity index is 0.828. The van der Waals surface area contributed by atoms with Crippen LogP contribution >= 0.6 is 0 Å². The van der Waals surface area contributed by atoms with Gasteiger partial charge in [0.2, 0.25) is 0 Å². The molecule has 0 N–H and O–H groups in total. The van der Waals surface area contributed by atoms with Gasteiger partial charge in [0.05, 0.1) is 22.7 Å². The van der Waals surface area contributed by atoms with Crippen molar-refractivity contribution in [2.75, 3.05) is 9.80 Å². The molecular weight excluding hydrogens is 853 g/mol. The van der Waals surface area contributed by atoms with E-state index in [0.717, 1.165) is 56.3 Å². The lowest BCUT2D eigenvalue weighted by atomic mass is 9.71. The van der Waals surface area contributed by atoms with Gasteiger partial charge in [0.15, 0.2) is 0 Å². The zero-order chi connectivity index (χ0) is 46.9. The van der Waals surface area contributed by atoms with Crippen LogP contribution in [-0.4, -0.2) is 0 Å². The summed E-state index contributed by atoms with van der Waals surface area (Å²) in [5.41, 5.74) is 21.6. The normalized spacial score (nSPS) is 16.6. The molecule has 14 rings (SSSR count). The van der Waals surface area contributed by atoms with Gasteiger partial charge in [0.1, 0.15) is 22.3 Å². The van der Waals surface area contributed by atoms with E-state index in [-0.39, 0.29) is 16.7 Å². The molecule has 4 heteroatoms. The number of rotatable bonds is 5. The van der Waals surface area contributed by atoms with Crippen LogP contribution in [0.4, 0.5) is 28.4 Å². The Bertz CT molecular complexity index is 4010. The standard InChI is InChI=1S/C66H50N2O2/c1-65(2)53-21-7-9-23-57(53)67(45-33-27-41(28-34-45)47-17-13-19-51-49-15-5-11-25-61(49)69-63(47)51)59-37-31-43(39-55(59)65)44-32-38-60-56(40-44)66(3,4)54-22-8-10-24-58(54)68(60)46-35-29-42(30-36-46)48-18-14-20-52-50-16-6-12-26-62(50)70-64(48)52/h5-29,31-40,42H,30H2,1-4H3. The molecule has 4 nitrogen and oxygen atoms in total. The Kier molecular flexibility index (Phi) is 8.77. The number of benzene rings is 9. The van der Waals surface area contributed by atoms with E-state index in [0.29, 0.717) is 0 Å². The highest BCUT2D eigenvalue weighted by atomic mass is 16.3. The molecule has 0 fully saturated rings. The summed E-state index contributed by atoms with van der Waals surface area (Å²) >= 11 is 0. The van der Waals surface area contributed by atoms with E-state index in [1.807, 2.05) is 18.2 Å². The van der Waals surface area contributed by atoms with Crippen molar-refractivity contribution in [3.63, 3.8) is 0 Å². The smallest absolute Gasteiger partial charge is 0.143 e. The molecule has 1 atom stereocenters. The topological polar surface area (TPSA) is 32.8 Å². The molecular formula is C66H50N2O2. The maximum absolute atomic E-state index is 6.49. The van der Waals surface area contributed by atoms with Crippen molar-refractivity contribution >= 4 is 72.3 Å². The van der Waals surface area contributed by atoms with Gasteiger partial charge in [0.25, 0.3) is 0 Å². The highest BCUT2D eigenvalue weighted by molar-refractivity contribution is 6.10. The van der Waals surface area contributed by atoms with Gasteiger partial charge in [-0.25, -0.2) is 0 Å². The molecule has 1 unspecified atom stereocenters. The molecule has 9 aromatic carbocycles. The third-order valence-electron chi connectivity index (χ3n) is 15.8. The van der Waals surface area contributed by atoms with Gasteiger partial charge in [-0.3, -0.25) is 0 Å². The Morgan fingerprint density at radius 3 is 1.56 bits per heavy atom. The number of nitrogens with zero attached hydrogens (tertiary/aromatic N) is 2. The minimum atomic E-state index is -0.244. The fraction of sp³-hybridized carbons (Fsp3) is 0.121. The Morgan fingerprint density at radius 1 is 0.429 bits per heavy atom. The number of hydrogen-bond acceptors (Lipinski definition) is 4. The Hall–Kier alpha value is -8.34. The first-order valence-corrected chi connectivity index (χ1v) is 24.6. The largest absolute Gasteiger partial charge is 0.456 e. The molecule has 0 saturated heterocycles. The molecule has 0 amide bonds. The van der Waals surface area contributed by atoms with Crippen molar-refractivity contribution < 1.29 is 8.83 Å². The lowest BCUT2D eigenvalue weighted by Crippen LogP contribution is -2.32. The van der Waals surface area contributed by atoms with E-state index in [4.69, 9.17) is 8.83 Å². The van der Waals surface area contributed by atoms with Gasteiger partial charge in [-0.1, -0.05) is 173 Å². The van der Waals surface area contributed by atoms with Gasteiger partial charge in [0, 0.05) is 60.8 Å². The van der Waals surface area contributed by atoms with Crippen molar-refractivity contribution in [2.45, 2.75) is 50.9 Å². The second-order valence-electron chi connectivity index (χ2n) is 20.4. The zero-order valence-electron chi connectivity index (χ0n) is 39.7. The Morgan fingerprint density at radius 2 is 0.929 bits per heavy atom. The van der Waals surface area contributed by atoms with E-state index in [9.17, 15) is 0 Å².